The van der Waals surface area contributed by atoms with Gasteiger partial charge in [-0.1, -0.05) is 37.3 Å². The van der Waals surface area contributed by atoms with Gasteiger partial charge in [0.05, 0.1) is 12.3 Å². The Balaban J connectivity index is 1.68. The van der Waals surface area contributed by atoms with Gasteiger partial charge in [0.25, 0.3) is 0 Å². The molecule has 1 aliphatic heterocycles. The second-order valence-electron chi connectivity index (χ2n) is 8.29. The van der Waals surface area contributed by atoms with Gasteiger partial charge in [-0.2, -0.15) is 5.10 Å². The molecule has 29 heavy (non-hydrogen) atoms. The van der Waals surface area contributed by atoms with Crippen LogP contribution in [-0.4, -0.2) is 50.1 Å². The largest absolute Gasteiger partial charge is 0.481 e. The number of hydrogen-bond acceptors (Lipinski definition) is 4. The van der Waals surface area contributed by atoms with Crippen LogP contribution in [0, 0.1) is 12.3 Å². The predicted octanol–water partition coefficient (Wildman–Crippen LogP) is 3.26. The van der Waals surface area contributed by atoms with Gasteiger partial charge in [-0.05, 0) is 44.6 Å². The number of hydrogen-bond donors (Lipinski definition) is 2. The molecular formula is C23H33N3O3. The zero-order chi connectivity index (χ0) is 20.9. The molecule has 1 aliphatic rings. The first kappa shape index (κ1) is 21.5. The summed E-state index contributed by atoms with van der Waals surface area (Å²) in [4.78, 5) is 14.5. The van der Waals surface area contributed by atoms with Gasteiger partial charge in [-0.25, -0.2) is 0 Å². The summed E-state index contributed by atoms with van der Waals surface area (Å²) in [6.45, 7) is 6.84. The average Bonchev–Trinajstić information content (AvgIpc) is 3.05. The summed E-state index contributed by atoms with van der Waals surface area (Å²) >= 11 is 0. The standard InChI is InChI=1S/C23H33N3O3/c1-3-13-26-18(2)20(15-24-26)16-25-14-11-21(27)23(17-25,22(28)29)12-7-10-19-8-5-4-6-9-19/h4-6,8-9,15,21,27H,3,7,10-14,16-17H2,1-2H3,(H,28,29)/t21-,23-/m1/s1. The number of nitrogens with zero attached hydrogens (tertiary/aromatic N) is 3. The molecule has 0 spiro atoms. The normalized spacial score (nSPS) is 22.7. The Morgan fingerprint density at radius 1 is 1.31 bits per heavy atom. The maximum atomic E-state index is 12.3. The van der Waals surface area contributed by atoms with Gasteiger partial charge in [0.2, 0.25) is 0 Å². The minimum absolute atomic E-state index is 0.372. The van der Waals surface area contributed by atoms with E-state index in [0.717, 1.165) is 37.1 Å². The van der Waals surface area contributed by atoms with E-state index in [9.17, 15) is 15.0 Å². The van der Waals surface area contributed by atoms with Gasteiger partial charge >= 0.3 is 5.97 Å². The first-order valence-corrected chi connectivity index (χ1v) is 10.7. The van der Waals surface area contributed by atoms with Crippen LogP contribution < -0.4 is 0 Å². The van der Waals surface area contributed by atoms with E-state index in [4.69, 9.17) is 0 Å². The van der Waals surface area contributed by atoms with E-state index in [1.54, 1.807) is 0 Å². The second kappa shape index (κ2) is 9.55. The molecule has 6 heteroatoms. The number of likely N-dealkylation sites (tertiary alicyclic amines) is 1. The lowest BCUT2D eigenvalue weighted by Gasteiger charge is -2.43. The van der Waals surface area contributed by atoms with Gasteiger partial charge < -0.3 is 10.2 Å². The summed E-state index contributed by atoms with van der Waals surface area (Å²) in [5.41, 5.74) is 2.37. The fraction of sp³-hybridized carbons (Fsp3) is 0.565. The Morgan fingerprint density at radius 3 is 2.76 bits per heavy atom. The van der Waals surface area contributed by atoms with Crippen molar-refractivity contribution >= 4 is 5.97 Å². The first-order chi connectivity index (χ1) is 14.0. The summed E-state index contributed by atoms with van der Waals surface area (Å²) in [5.74, 6) is -0.888. The molecule has 0 saturated carbocycles. The van der Waals surface area contributed by atoms with Crippen LogP contribution in [0.5, 0.6) is 0 Å². The lowest BCUT2D eigenvalue weighted by molar-refractivity contribution is -0.164. The molecule has 0 radical (unpaired) electrons. The van der Waals surface area contributed by atoms with Gasteiger partial charge in [0, 0.05) is 37.4 Å². The first-order valence-electron chi connectivity index (χ1n) is 10.7. The molecule has 0 bridgehead atoms. The van der Waals surface area contributed by atoms with Crippen LogP contribution in [0.25, 0.3) is 0 Å². The number of piperidine rings is 1. The molecule has 0 aliphatic carbocycles. The average molecular weight is 400 g/mol. The molecule has 0 unspecified atom stereocenters. The summed E-state index contributed by atoms with van der Waals surface area (Å²) in [6, 6.07) is 10.1. The maximum Gasteiger partial charge on any atom is 0.313 e. The third-order valence-electron chi connectivity index (χ3n) is 6.25. The Morgan fingerprint density at radius 2 is 2.07 bits per heavy atom. The predicted molar refractivity (Wildman–Crippen MR) is 113 cm³/mol. The van der Waals surface area contributed by atoms with Crippen molar-refractivity contribution in [1.82, 2.24) is 14.7 Å². The Hall–Kier alpha value is -2.18. The number of carboxylic acid groups (broad SMARTS) is 1. The molecule has 1 aromatic heterocycles. The van der Waals surface area contributed by atoms with E-state index in [-0.39, 0.29) is 0 Å². The minimum atomic E-state index is -1.11. The number of carboxylic acids is 1. The highest BCUT2D eigenvalue weighted by Crippen LogP contribution is 2.36. The smallest absolute Gasteiger partial charge is 0.313 e. The number of aliphatic hydroxyl groups excluding tert-OH is 1. The molecule has 6 nitrogen and oxygen atoms in total. The summed E-state index contributed by atoms with van der Waals surface area (Å²) in [7, 11) is 0. The van der Waals surface area contributed by atoms with Crippen LogP contribution in [0.2, 0.25) is 0 Å². The van der Waals surface area contributed by atoms with Crippen molar-refractivity contribution in [2.45, 2.75) is 65.1 Å². The van der Waals surface area contributed by atoms with E-state index in [0.29, 0.717) is 32.5 Å². The molecule has 0 amide bonds. The van der Waals surface area contributed by atoms with E-state index >= 15 is 0 Å². The van der Waals surface area contributed by atoms with Gasteiger partial charge in [-0.15, -0.1) is 0 Å². The molecule has 1 fully saturated rings. The van der Waals surface area contributed by atoms with Crippen LogP contribution >= 0.6 is 0 Å². The lowest BCUT2D eigenvalue weighted by Crippen LogP contribution is -2.55. The molecule has 2 N–H and O–H groups in total. The Labute approximate surface area is 173 Å². The molecule has 2 aromatic rings. The van der Waals surface area contributed by atoms with Crippen molar-refractivity contribution in [2.75, 3.05) is 13.1 Å². The molecule has 3 rings (SSSR count). The molecule has 1 aromatic carbocycles. The summed E-state index contributed by atoms with van der Waals surface area (Å²) < 4.78 is 2.01. The van der Waals surface area contributed by atoms with Crippen molar-refractivity contribution in [1.29, 1.82) is 0 Å². The highest BCUT2D eigenvalue weighted by molar-refractivity contribution is 5.76. The van der Waals surface area contributed by atoms with E-state index in [2.05, 4.69) is 36.0 Å². The highest BCUT2D eigenvalue weighted by Gasteiger charge is 2.48. The molecule has 2 atom stereocenters. The molecular weight excluding hydrogens is 366 g/mol. The van der Waals surface area contributed by atoms with E-state index < -0.39 is 17.5 Å². The van der Waals surface area contributed by atoms with Gasteiger partial charge in [-0.3, -0.25) is 14.4 Å². The van der Waals surface area contributed by atoms with Gasteiger partial charge in [0.1, 0.15) is 5.41 Å². The fourth-order valence-corrected chi connectivity index (χ4v) is 4.43. The van der Waals surface area contributed by atoms with Gasteiger partial charge in [0.15, 0.2) is 0 Å². The molecule has 158 valence electrons. The monoisotopic (exact) mass is 399 g/mol. The zero-order valence-electron chi connectivity index (χ0n) is 17.5. The Bertz CT molecular complexity index is 805. The third kappa shape index (κ3) is 4.87. The van der Waals surface area contributed by atoms with Crippen molar-refractivity contribution in [3.05, 3.63) is 53.3 Å². The zero-order valence-corrected chi connectivity index (χ0v) is 17.5. The van der Waals surface area contributed by atoms with Crippen LogP contribution in [0.3, 0.4) is 0 Å². The number of aliphatic hydroxyl groups is 1. The van der Waals surface area contributed by atoms with E-state index in [1.165, 1.54) is 5.56 Å². The third-order valence-corrected chi connectivity index (χ3v) is 6.25. The van der Waals surface area contributed by atoms with Crippen LogP contribution in [0.1, 0.15) is 49.4 Å². The number of carbonyl (C=O) groups is 1. The van der Waals surface area contributed by atoms with Crippen molar-refractivity contribution < 1.29 is 15.0 Å². The Kier molecular flexibility index (Phi) is 7.09. The van der Waals surface area contributed by atoms with E-state index in [1.807, 2.05) is 29.1 Å². The van der Waals surface area contributed by atoms with Crippen molar-refractivity contribution in [3.63, 3.8) is 0 Å². The van der Waals surface area contributed by atoms with Crippen LogP contribution in [-0.2, 0) is 24.3 Å². The quantitative estimate of drug-likeness (QED) is 0.677. The number of aryl methyl sites for hydroxylation is 2. The van der Waals surface area contributed by atoms with Crippen molar-refractivity contribution in [2.24, 2.45) is 5.41 Å². The second-order valence-corrected chi connectivity index (χ2v) is 8.29. The van der Waals surface area contributed by atoms with Crippen molar-refractivity contribution in [3.8, 4) is 0 Å². The molecule has 1 saturated heterocycles. The highest BCUT2D eigenvalue weighted by atomic mass is 16.4. The number of aliphatic carboxylic acids is 1. The maximum absolute atomic E-state index is 12.3. The molecule has 2 heterocycles. The summed E-state index contributed by atoms with van der Waals surface area (Å²) in [5, 5.41) is 25.2. The SMILES string of the molecule is CCCn1ncc(CN2CC[C@@H](O)[C@](CCCc3ccccc3)(C(=O)O)C2)c1C. The number of benzene rings is 1. The minimum Gasteiger partial charge on any atom is -0.481 e. The number of rotatable bonds is 9. The topological polar surface area (TPSA) is 78.6 Å². The summed E-state index contributed by atoms with van der Waals surface area (Å²) in [6.07, 6.45) is 4.65. The lowest BCUT2D eigenvalue weighted by atomic mass is 9.73. The fourth-order valence-electron chi connectivity index (χ4n) is 4.43. The van der Waals surface area contributed by atoms with Crippen LogP contribution in [0.15, 0.2) is 36.5 Å². The number of aromatic nitrogens is 2. The van der Waals surface area contributed by atoms with Crippen LogP contribution in [0.4, 0.5) is 0 Å².